The molecule has 0 aliphatic heterocycles. The zero-order valence-corrected chi connectivity index (χ0v) is 17.5. The summed E-state index contributed by atoms with van der Waals surface area (Å²) in [5, 5.41) is 6.38. The number of rotatable bonds is 6. The summed E-state index contributed by atoms with van der Waals surface area (Å²) in [6.07, 6.45) is -4.78. The average molecular weight is 432 g/mol. The van der Waals surface area contributed by atoms with E-state index in [2.05, 4.69) is 25.3 Å². The summed E-state index contributed by atoms with van der Waals surface area (Å²) >= 11 is 0. The SMILES string of the molecule is COc1cccc(Nc2cc(-c3cccc(OC(F)(F)F)c3)nc(NC(C)(C)C)n2)c1. The highest BCUT2D eigenvalue weighted by molar-refractivity contribution is 5.69. The minimum absolute atomic E-state index is 0.323. The van der Waals surface area contributed by atoms with Crippen molar-refractivity contribution in [3.8, 4) is 22.8 Å². The highest BCUT2D eigenvalue weighted by atomic mass is 19.4. The van der Waals surface area contributed by atoms with Crippen molar-refractivity contribution in [3.05, 3.63) is 54.6 Å². The first kappa shape index (κ1) is 22.2. The fourth-order valence-corrected chi connectivity index (χ4v) is 2.75. The molecule has 0 spiro atoms. The second kappa shape index (κ2) is 8.71. The topological polar surface area (TPSA) is 68.3 Å². The minimum Gasteiger partial charge on any atom is -0.497 e. The average Bonchev–Trinajstić information content (AvgIpc) is 2.65. The summed E-state index contributed by atoms with van der Waals surface area (Å²) in [6, 6.07) is 14.6. The largest absolute Gasteiger partial charge is 0.573 e. The zero-order chi connectivity index (χ0) is 22.6. The maximum absolute atomic E-state index is 12.6. The van der Waals surface area contributed by atoms with Crippen LogP contribution in [0.3, 0.4) is 0 Å². The summed E-state index contributed by atoms with van der Waals surface area (Å²) < 4.78 is 47.1. The van der Waals surface area contributed by atoms with Gasteiger partial charge in [0.25, 0.3) is 0 Å². The predicted octanol–water partition coefficient (Wildman–Crippen LogP) is 6.00. The van der Waals surface area contributed by atoms with Gasteiger partial charge in [0, 0.05) is 28.9 Å². The molecule has 0 bridgehead atoms. The van der Waals surface area contributed by atoms with Crippen LogP contribution in [0, 0.1) is 0 Å². The number of methoxy groups -OCH3 is 1. The molecule has 31 heavy (non-hydrogen) atoms. The van der Waals surface area contributed by atoms with Gasteiger partial charge in [0.05, 0.1) is 12.8 Å². The second-order valence-electron chi connectivity index (χ2n) is 7.77. The Labute approximate surface area is 178 Å². The molecule has 0 fully saturated rings. The zero-order valence-electron chi connectivity index (χ0n) is 17.5. The van der Waals surface area contributed by atoms with Crippen LogP contribution < -0.4 is 20.1 Å². The molecule has 164 valence electrons. The Morgan fingerprint density at radius 1 is 0.871 bits per heavy atom. The van der Waals surface area contributed by atoms with Crippen LogP contribution in [0.2, 0.25) is 0 Å². The lowest BCUT2D eigenvalue weighted by molar-refractivity contribution is -0.274. The van der Waals surface area contributed by atoms with Crippen LogP contribution in [-0.2, 0) is 0 Å². The quantitative estimate of drug-likeness (QED) is 0.498. The minimum atomic E-state index is -4.78. The molecule has 3 rings (SSSR count). The van der Waals surface area contributed by atoms with Gasteiger partial charge in [0.15, 0.2) is 0 Å². The molecule has 0 atom stereocenters. The van der Waals surface area contributed by atoms with Crippen LogP contribution in [0.5, 0.6) is 11.5 Å². The maximum Gasteiger partial charge on any atom is 0.573 e. The van der Waals surface area contributed by atoms with Gasteiger partial charge in [-0.3, -0.25) is 0 Å². The number of benzene rings is 2. The van der Waals surface area contributed by atoms with Crippen molar-refractivity contribution >= 4 is 17.5 Å². The number of nitrogens with zero attached hydrogens (tertiary/aromatic N) is 2. The Kier molecular flexibility index (Phi) is 6.24. The van der Waals surface area contributed by atoms with E-state index in [4.69, 9.17) is 4.74 Å². The van der Waals surface area contributed by atoms with Gasteiger partial charge < -0.3 is 20.1 Å². The number of ether oxygens (including phenoxy) is 2. The van der Waals surface area contributed by atoms with Crippen LogP contribution in [0.15, 0.2) is 54.6 Å². The van der Waals surface area contributed by atoms with E-state index in [0.717, 1.165) is 5.69 Å². The van der Waals surface area contributed by atoms with Gasteiger partial charge in [0.1, 0.15) is 17.3 Å². The molecule has 0 saturated heterocycles. The molecule has 1 aromatic heterocycles. The third-order valence-corrected chi connectivity index (χ3v) is 3.92. The van der Waals surface area contributed by atoms with Crippen molar-refractivity contribution in [1.29, 1.82) is 0 Å². The van der Waals surface area contributed by atoms with E-state index >= 15 is 0 Å². The Hall–Kier alpha value is -3.49. The van der Waals surface area contributed by atoms with E-state index in [1.807, 2.05) is 39.0 Å². The Morgan fingerprint density at radius 3 is 2.26 bits per heavy atom. The van der Waals surface area contributed by atoms with Crippen LogP contribution in [-0.4, -0.2) is 29.0 Å². The van der Waals surface area contributed by atoms with E-state index in [9.17, 15) is 13.2 Å². The lowest BCUT2D eigenvalue weighted by Gasteiger charge is -2.21. The molecule has 0 radical (unpaired) electrons. The third kappa shape index (κ3) is 6.77. The fraction of sp³-hybridized carbons (Fsp3) is 0.273. The first-order chi connectivity index (χ1) is 14.5. The number of hydrogen-bond acceptors (Lipinski definition) is 6. The highest BCUT2D eigenvalue weighted by Crippen LogP contribution is 2.30. The first-order valence-electron chi connectivity index (χ1n) is 9.45. The molecule has 0 saturated carbocycles. The summed E-state index contributed by atoms with van der Waals surface area (Å²) in [4.78, 5) is 8.97. The number of nitrogens with one attached hydrogen (secondary N) is 2. The van der Waals surface area contributed by atoms with Crippen LogP contribution >= 0.6 is 0 Å². The van der Waals surface area contributed by atoms with Crippen molar-refractivity contribution in [1.82, 2.24) is 9.97 Å². The molecule has 0 amide bonds. The van der Waals surface area contributed by atoms with Gasteiger partial charge in [-0.15, -0.1) is 13.2 Å². The van der Waals surface area contributed by atoms with Gasteiger partial charge in [-0.05, 0) is 45.0 Å². The molecule has 0 unspecified atom stereocenters. The van der Waals surface area contributed by atoms with Crippen molar-refractivity contribution in [2.75, 3.05) is 17.7 Å². The summed E-state index contributed by atoms with van der Waals surface area (Å²) in [5.41, 5.74) is 1.29. The summed E-state index contributed by atoms with van der Waals surface area (Å²) in [7, 11) is 1.57. The van der Waals surface area contributed by atoms with E-state index in [1.54, 1.807) is 25.3 Å². The van der Waals surface area contributed by atoms with Crippen LogP contribution in [0.1, 0.15) is 20.8 Å². The monoisotopic (exact) mass is 432 g/mol. The van der Waals surface area contributed by atoms with Crippen molar-refractivity contribution in [3.63, 3.8) is 0 Å². The normalized spacial score (nSPS) is 11.7. The number of hydrogen-bond donors (Lipinski definition) is 2. The smallest absolute Gasteiger partial charge is 0.497 e. The number of aromatic nitrogens is 2. The number of alkyl halides is 3. The fourth-order valence-electron chi connectivity index (χ4n) is 2.75. The molecule has 2 N–H and O–H groups in total. The molecule has 9 heteroatoms. The van der Waals surface area contributed by atoms with E-state index in [-0.39, 0.29) is 11.3 Å². The lowest BCUT2D eigenvalue weighted by Crippen LogP contribution is -2.27. The Morgan fingerprint density at radius 2 is 1.58 bits per heavy atom. The maximum atomic E-state index is 12.6. The summed E-state index contributed by atoms with van der Waals surface area (Å²) in [6.45, 7) is 5.86. The lowest BCUT2D eigenvalue weighted by atomic mass is 10.1. The van der Waals surface area contributed by atoms with E-state index < -0.39 is 6.36 Å². The number of halogens is 3. The molecule has 0 aliphatic carbocycles. The van der Waals surface area contributed by atoms with Gasteiger partial charge in [-0.2, -0.15) is 4.98 Å². The van der Waals surface area contributed by atoms with Crippen molar-refractivity contribution in [2.24, 2.45) is 0 Å². The molecule has 6 nitrogen and oxygen atoms in total. The van der Waals surface area contributed by atoms with Gasteiger partial charge >= 0.3 is 6.36 Å². The predicted molar refractivity (Wildman–Crippen MR) is 114 cm³/mol. The Bertz CT molecular complexity index is 1050. The molecule has 0 aliphatic rings. The molecular weight excluding hydrogens is 409 g/mol. The van der Waals surface area contributed by atoms with Crippen LogP contribution in [0.25, 0.3) is 11.3 Å². The van der Waals surface area contributed by atoms with Crippen molar-refractivity contribution < 1.29 is 22.6 Å². The van der Waals surface area contributed by atoms with E-state index in [0.29, 0.717) is 28.8 Å². The highest BCUT2D eigenvalue weighted by Gasteiger charge is 2.31. The Balaban J connectivity index is 2.00. The summed E-state index contributed by atoms with van der Waals surface area (Å²) in [5.74, 6) is 1.14. The molecular formula is C22H23F3N4O2. The third-order valence-electron chi connectivity index (χ3n) is 3.92. The van der Waals surface area contributed by atoms with Gasteiger partial charge in [0.2, 0.25) is 5.95 Å². The van der Waals surface area contributed by atoms with E-state index in [1.165, 1.54) is 18.2 Å². The molecule has 3 aromatic rings. The van der Waals surface area contributed by atoms with Crippen LogP contribution in [0.4, 0.5) is 30.6 Å². The van der Waals surface area contributed by atoms with Gasteiger partial charge in [-0.1, -0.05) is 18.2 Å². The standard InChI is InChI=1S/C22H23F3N4O2/c1-21(2,3)29-20-27-18(14-7-5-10-17(11-14)31-22(23,24)25)13-19(28-20)26-15-8-6-9-16(12-15)30-4/h5-13H,1-4H3,(H2,26,27,28,29). The molecule has 1 heterocycles. The second-order valence-corrected chi connectivity index (χ2v) is 7.77. The molecule has 2 aromatic carbocycles. The number of anilines is 3. The first-order valence-corrected chi connectivity index (χ1v) is 9.45. The van der Waals surface area contributed by atoms with Crippen molar-refractivity contribution in [2.45, 2.75) is 32.7 Å². The van der Waals surface area contributed by atoms with Gasteiger partial charge in [-0.25, -0.2) is 4.98 Å².